The van der Waals surface area contributed by atoms with Gasteiger partial charge in [0, 0.05) is 23.9 Å². The molecule has 0 aliphatic rings. The van der Waals surface area contributed by atoms with Gasteiger partial charge in [-0.3, -0.25) is 0 Å². The summed E-state index contributed by atoms with van der Waals surface area (Å²) in [6.07, 6.45) is 1.49. The quantitative estimate of drug-likeness (QED) is 0.395. The number of benzene rings is 1. The highest BCUT2D eigenvalue weighted by Gasteiger charge is 2.41. The van der Waals surface area contributed by atoms with Crippen LogP contribution in [0, 0.1) is 11.2 Å². The number of nitrogens with zero attached hydrogens (tertiary/aromatic N) is 1. The van der Waals surface area contributed by atoms with Gasteiger partial charge in [0.25, 0.3) is 0 Å². The molecule has 3 atom stereocenters. The number of hydrogen-bond acceptors (Lipinski definition) is 3. The monoisotopic (exact) mass is 440 g/mol. The molecule has 1 unspecified atom stereocenters. The molecule has 1 amide bonds. The summed E-state index contributed by atoms with van der Waals surface area (Å²) in [6, 6.07) is 5.81. The summed E-state index contributed by atoms with van der Waals surface area (Å²) in [7, 11) is 0. The smallest absolute Gasteiger partial charge is 0.407 e. The van der Waals surface area contributed by atoms with Crippen LogP contribution in [0.4, 0.5) is 9.18 Å². The van der Waals surface area contributed by atoms with Crippen molar-refractivity contribution in [3.63, 3.8) is 0 Å². The molecular formula is C23H37FN2O3S. The van der Waals surface area contributed by atoms with Gasteiger partial charge in [0.05, 0.1) is 5.54 Å². The van der Waals surface area contributed by atoms with Gasteiger partial charge in [-0.25, -0.2) is 9.18 Å². The summed E-state index contributed by atoms with van der Waals surface area (Å²) in [6.45, 7) is 17.6. The molecule has 30 heavy (non-hydrogen) atoms. The van der Waals surface area contributed by atoms with Crippen molar-refractivity contribution >= 4 is 17.5 Å². The maximum Gasteiger partial charge on any atom is 0.407 e. The lowest BCUT2D eigenvalue weighted by Gasteiger charge is -2.41. The molecule has 0 heterocycles. The number of carboxylic acid groups (broad SMARTS) is 1. The van der Waals surface area contributed by atoms with Crippen LogP contribution in [0.5, 0.6) is 0 Å². The van der Waals surface area contributed by atoms with Crippen LogP contribution < -0.4 is 4.72 Å². The zero-order chi connectivity index (χ0) is 23.3. The summed E-state index contributed by atoms with van der Waals surface area (Å²) in [4.78, 5) is 13.4. The molecule has 7 heteroatoms. The summed E-state index contributed by atoms with van der Waals surface area (Å²) in [5.41, 5.74) is -0.342. The van der Waals surface area contributed by atoms with E-state index in [0.29, 0.717) is 12.8 Å². The summed E-state index contributed by atoms with van der Waals surface area (Å²) in [5, 5.41) is 9.83. The fraction of sp³-hybridized carbons (Fsp3) is 0.609. The van der Waals surface area contributed by atoms with E-state index in [1.54, 1.807) is 18.2 Å². The first-order valence-corrected chi connectivity index (χ1v) is 11.4. The summed E-state index contributed by atoms with van der Waals surface area (Å²) < 4.78 is 29.3. The van der Waals surface area contributed by atoms with E-state index in [1.807, 2.05) is 48.5 Å². The Labute approximate surface area is 184 Å². The van der Waals surface area contributed by atoms with E-state index in [-0.39, 0.29) is 23.8 Å². The van der Waals surface area contributed by atoms with Crippen molar-refractivity contribution in [2.24, 2.45) is 5.41 Å². The molecule has 0 spiro atoms. The Kier molecular flexibility index (Phi) is 8.96. The van der Waals surface area contributed by atoms with Crippen LogP contribution in [-0.2, 0) is 16.9 Å². The molecule has 170 valence electrons. The predicted molar refractivity (Wildman–Crippen MR) is 122 cm³/mol. The third-order valence-electron chi connectivity index (χ3n) is 5.48. The third kappa shape index (κ3) is 7.00. The van der Waals surface area contributed by atoms with Gasteiger partial charge in [-0.15, -0.1) is 11.3 Å². The minimum absolute atomic E-state index is 0.224. The summed E-state index contributed by atoms with van der Waals surface area (Å²) in [5.74, 6) is -0.364. The van der Waals surface area contributed by atoms with Gasteiger partial charge in [-0.1, -0.05) is 39.0 Å². The summed E-state index contributed by atoms with van der Waals surface area (Å²) >= 11 is -1.42. The van der Waals surface area contributed by atoms with E-state index in [9.17, 15) is 18.8 Å². The zero-order valence-corrected chi connectivity index (χ0v) is 20.1. The second-order valence-electron chi connectivity index (χ2n) is 9.83. The lowest BCUT2D eigenvalue weighted by molar-refractivity contribution is 0.0838. The van der Waals surface area contributed by atoms with Crippen molar-refractivity contribution in [1.29, 1.82) is 0 Å². The fourth-order valence-electron chi connectivity index (χ4n) is 3.10. The lowest BCUT2D eigenvalue weighted by Crippen LogP contribution is -2.54. The second kappa shape index (κ2) is 10.2. The number of carbonyl (C=O) groups is 1. The molecule has 1 rings (SSSR count). The molecule has 0 aliphatic heterocycles. The minimum atomic E-state index is -1.42. The molecule has 0 radical (unpaired) electrons. The Morgan fingerprint density at radius 3 is 2.20 bits per heavy atom. The molecule has 0 bridgehead atoms. The van der Waals surface area contributed by atoms with Crippen LogP contribution in [-0.4, -0.2) is 38.0 Å². The van der Waals surface area contributed by atoms with Crippen molar-refractivity contribution < 1.29 is 18.8 Å². The largest absolute Gasteiger partial charge is 0.598 e. The van der Waals surface area contributed by atoms with Crippen LogP contribution >= 0.6 is 0 Å². The van der Waals surface area contributed by atoms with Gasteiger partial charge in [-0.05, 0) is 63.6 Å². The number of rotatable bonds is 9. The van der Waals surface area contributed by atoms with Crippen molar-refractivity contribution in [2.45, 2.75) is 77.6 Å². The van der Waals surface area contributed by atoms with Crippen molar-refractivity contribution in [2.75, 3.05) is 6.54 Å². The van der Waals surface area contributed by atoms with Crippen LogP contribution in [0.3, 0.4) is 0 Å². The van der Waals surface area contributed by atoms with Gasteiger partial charge in [0.1, 0.15) is 10.6 Å². The van der Waals surface area contributed by atoms with Crippen molar-refractivity contribution in [1.82, 2.24) is 9.62 Å². The van der Waals surface area contributed by atoms with Gasteiger partial charge < -0.3 is 14.6 Å². The highest BCUT2D eigenvalue weighted by molar-refractivity contribution is 7.90. The maximum atomic E-state index is 13.6. The van der Waals surface area contributed by atoms with E-state index in [4.69, 9.17) is 0 Å². The van der Waals surface area contributed by atoms with Crippen LogP contribution in [0.15, 0.2) is 36.9 Å². The van der Waals surface area contributed by atoms with E-state index >= 15 is 0 Å². The predicted octanol–water partition coefficient (Wildman–Crippen LogP) is 5.45. The fourth-order valence-corrected chi connectivity index (χ4v) is 4.06. The van der Waals surface area contributed by atoms with E-state index in [2.05, 4.69) is 11.3 Å². The molecule has 1 aromatic rings. The number of amides is 1. The molecule has 0 saturated carbocycles. The molecular weight excluding hydrogens is 403 g/mol. The third-order valence-corrected chi connectivity index (χ3v) is 7.17. The van der Waals surface area contributed by atoms with Gasteiger partial charge in [-0.2, -0.15) is 0 Å². The molecule has 0 saturated heterocycles. The number of nitrogens with one attached hydrogen (secondary N) is 1. The standard InChI is InChI=1S/C23H37FN2O3S/c1-9-14-23(25-30(29)22(6,7)8,18-10-12-19(24)13-11-18)15-16-26(20(27)28)17(2)21(3,4)5/h9-13,17,25H,1,14-16H2,2-8H3,(H,27,28)/t17-,23+,30?/m0/s1. The van der Waals surface area contributed by atoms with Crippen LogP contribution in [0.25, 0.3) is 0 Å². The normalized spacial score (nSPS) is 16.4. The number of hydrogen-bond donors (Lipinski definition) is 2. The zero-order valence-electron chi connectivity index (χ0n) is 19.3. The lowest BCUT2D eigenvalue weighted by atomic mass is 9.83. The Hall–Kier alpha value is -1.57. The van der Waals surface area contributed by atoms with Gasteiger partial charge in [0.2, 0.25) is 0 Å². The maximum absolute atomic E-state index is 13.6. The van der Waals surface area contributed by atoms with Gasteiger partial charge >= 0.3 is 6.09 Å². The Balaban J connectivity index is 3.38. The first-order valence-electron chi connectivity index (χ1n) is 10.2. The van der Waals surface area contributed by atoms with Crippen molar-refractivity contribution in [3.05, 3.63) is 48.3 Å². The van der Waals surface area contributed by atoms with Crippen LogP contribution in [0.1, 0.15) is 66.9 Å². The van der Waals surface area contributed by atoms with Crippen molar-refractivity contribution in [3.8, 4) is 0 Å². The molecule has 0 aliphatic carbocycles. The average Bonchev–Trinajstić information content (AvgIpc) is 2.60. The SMILES string of the molecule is C=CC[C@](CCN(C(=O)O)[C@@H](C)C(C)(C)C)(N[S+]([O-])C(C)(C)C)c1ccc(F)cc1. The number of halogens is 1. The first-order chi connectivity index (χ1) is 13.6. The Morgan fingerprint density at radius 1 is 1.27 bits per heavy atom. The second-order valence-corrected chi connectivity index (χ2v) is 11.8. The highest BCUT2D eigenvalue weighted by atomic mass is 32.2. The van der Waals surface area contributed by atoms with Gasteiger partial charge in [0.15, 0.2) is 0 Å². The van der Waals surface area contributed by atoms with E-state index < -0.39 is 27.7 Å². The van der Waals surface area contributed by atoms with Crippen LogP contribution in [0.2, 0.25) is 0 Å². The topological polar surface area (TPSA) is 75.6 Å². The molecule has 0 aromatic heterocycles. The molecule has 0 fully saturated rings. The average molecular weight is 441 g/mol. The highest BCUT2D eigenvalue weighted by Crippen LogP contribution is 2.34. The minimum Gasteiger partial charge on any atom is -0.598 e. The van der Waals surface area contributed by atoms with E-state index in [0.717, 1.165) is 5.56 Å². The Morgan fingerprint density at radius 2 is 1.80 bits per heavy atom. The van der Waals surface area contributed by atoms with E-state index in [1.165, 1.54) is 17.0 Å². The first kappa shape index (κ1) is 26.5. The molecule has 2 N–H and O–H groups in total. The molecule has 5 nitrogen and oxygen atoms in total. The molecule has 1 aromatic carbocycles. The Bertz CT molecular complexity index is 713.